The van der Waals surface area contributed by atoms with Crippen LogP contribution in [0.15, 0.2) is 47.4 Å². The number of hydrogen-bond donors (Lipinski definition) is 2. The number of rotatable bonds is 7. The molecule has 0 spiro atoms. The quantitative estimate of drug-likeness (QED) is 0.443. The molecule has 0 bridgehead atoms. The van der Waals surface area contributed by atoms with Gasteiger partial charge in [-0.25, -0.2) is 0 Å². The van der Waals surface area contributed by atoms with Gasteiger partial charge in [-0.15, -0.1) is 11.8 Å². The number of nitro groups is 1. The van der Waals surface area contributed by atoms with Crippen LogP contribution in [0.2, 0.25) is 0 Å². The number of non-ortho nitro benzene ring substituents is 1. The standard InChI is InChI=1S/C17H19N3O4S/c1-11(18-12-5-4-6-14(9-12)25-3)17(21)19-15-8-7-13(20(22)23)10-16(15)24-2/h4-11,18H,1-3H3,(H,19,21)/t11-/m0/s1. The van der Waals surface area contributed by atoms with Gasteiger partial charge in [0.05, 0.1) is 23.8 Å². The van der Waals surface area contributed by atoms with Crippen molar-refractivity contribution >= 4 is 34.7 Å². The van der Waals surface area contributed by atoms with Gasteiger partial charge in [-0.2, -0.15) is 0 Å². The van der Waals surface area contributed by atoms with Gasteiger partial charge in [0, 0.05) is 16.6 Å². The molecule has 0 fully saturated rings. The average Bonchev–Trinajstić information content (AvgIpc) is 2.61. The Balaban J connectivity index is 2.09. The van der Waals surface area contributed by atoms with Crippen LogP contribution in [0.5, 0.6) is 5.75 Å². The molecule has 0 unspecified atom stereocenters. The number of ether oxygens (including phenoxy) is 1. The molecule has 0 saturated carbocycles. The molecule has 7 nitrogen and oxygen atoms in total. The van der Waals surface area contributed by atoms with Crippen molar-refractivity contribution in [2.45, 2.75) is 17.9 Å². The third-order valence-corrected chi connectivity index (χ3v) is 4.23. The first kappa shape index (κ1) is 18.6. The fraction of sp³-hybridized carbons (Fsp3) is 0.235. The summed E-state index contributed by atoms with van der Waals surface area (Å²) in [4.78, 5) is 23.8. The number of methoxy groups -OCH3 is 1. The summed E-state index contributed by atoms with van der Waals surface area (Å²) in [5, 5.41) is 16.7. The fourth-order valence-electron chi connectivity index (χ4n) is 2.17. The summed E-state index contributed by atoms with van der Waals surface area (Å²) in [6.07, 6.45) is 1.98. The Morgan fingerprint density at radius 1 is 1.28 bits per heavy atom. The Bertz CT molecular complexity index is 782. The molecule has 1 amide bonds. The molecule has 2 N–H and O–H groups in total. The first-order valence-corrected chi connectivity index (χ1v) is 8.71. The number of anilines is 2. The van der Waals surface area contributed by atoms with E-state index in [4.69, 9.17) is 4.74 Å². The van der Waals surface area contributed by atoms with Crippen molar-refractivity contribution in [2.75, 3.05) is 24.0 Å². The molecule has 25 heavy (non-hydrogen) atoms. The highest BCUT2D eigenvalue weighted by atomic mass is 32.2. The average molecular weight is 361 g/mol. The summed E-state index contributed by atoms with van der Waals surface area (Å²) < 4.78 is 5.12. The number of nitrogens with one attached hydrogen (secondary N) is 2. The van der Waals surface area contributed by atoms with Crippen LogP contribution in [0.4, 0.5) is 17.1 Å². The third kappa shape index (κ3) is 4.87. The Labute approximate surface area is 149 Å². The normalized spacial score (nSPS) is 11.5. The van der Waals surface area contributed by atoms with Crippen LogP contribution in [0.3, 0.4) is 0 Å². The zero-order valence-electron chi connectivity index (χ0n) is 14.1. The highest BCUT2D eigenvalue weighted by Crippen LogP contribution is 2.29. The molecule has 0 heterocycles. The summed E-state index contributed by atoms with van der Waals surface area (Å²) in [6, 6.07) is 11.3. The van der Waals surface area contributed by atoms with Gasteiger partial charge >= 0.3 is 0 Å². The van der Waals surface area contributed by atoms with Gasteiger partial charge in [-0.1, -0.05) is 6.07 Å². The second-order valence-electron chi connectivity index (χ2n) is 5.23. The van der Waals surface area contributed by atoms with Crippen molar-refractivity contribution in [3.05, 3.63) is 52.6 Å². The molecule has 0 aromatic heterocycles. The first-order valence-electron chi connectivity index (χ1n) is 7.48. The van der Waals surface area contributed by atoms with Crippen molar-refractivity contribution in [3.8, 4) is 5.75 Å². The zero-order valence-corrected chi connectivity index (χ0v) is 14.9. The predicted octanol–water partition coefficient (Wildman–Crippen LogP) is 3.76. The summed E-state index contributed by atoms with van der Waals surface area (Å²) in [5.74, 6) is -0.0409. The molecular formula is C17H19N3O4S. The second-order valence-corrected chi connectivity index (χ2v) is 6.11. The van der Waals surface area contributed by atoms with Crippen LogP contribution in [0.25, 0.3) is 0 Å². The maximum Gasteiger partial charge on any atom is 0.273 e. The van der Waals surface area contributed by atoms with E-state index in [-0.39, 0.29) is 17.3 Å². The van der Waals surface area contributed by atoms with E-state index < -0.39 is 11.0 Å². The Hall–Kier alpha value is -2.74. The van der Waals surface area contributed by atoms with Crippen LogP contribution in [0, 0.1) is 10.1 Å². The SMILES string of the molecule is COc1cc([N+](=O)[O-])ccc1NC(=O)[C@H](C)Nc1cccc(SC)c1. The molecule has 2 aromatic carbocycles. The van der Waals surface area contributed by atoms with E-state index >= 15 is 0 Å². The van der Waals surface area contributed by atoms with Crippen molar-refractivity contribution < 1.29 is 14.5 Å². The molecule has 0 aliphatic rings. The van der Waals surface area contributed by atoms with Gasteiger partial charge in [0.1, 0.15) is 11.8 Å². The van der Waals surface area contributed by atoms with E-state index in [0.29, 0.717) is 5.69 Å². The highest BCUT2D eigenvalue weighted by molar-refractivity contribution is 7.98. The molecule has 2 rings (SSSR count). The summed E-state index contributed by atoms with van der Waals surface area (Å²) in [6.45, 7) is 1.74. The Kier molecular flexibility index (Phi) is 6.24. The van der Waals surface area contributed by atoms with Gasteiger partial charge in [0.2, 0.25) is 5.91 Å². The molecule has 8 heteroatoms. The van der Waals surface area contributed by atoms with E-state index in [9.17, 15) is 14.9 Å². The summed E-state index contributed by atoms with van der Waals surface area (Å²) >= 11 is 1.62. The van der Waals surface area contributed by atoms with Gasteiger partial charge in [0.25, 0.3) is 5.69 Å². The van der Waals surface area contributed by atoms with Crippen LogP contribution in [0.1, 0.15) is 6.92 Å². The number of nitro benzene ring substituents is 1. The zero-order chi connectivity index (χ0) is 18.4. The number of carbonyl (C=O) groups is 1. The number of hydrogen-bond acceptors (Lipinski definition) is 6. The summed E-state index contributed by atoms with van der Waals surface area (Å²) in [5.41, 5.74) is 1.12. The van der Waals surface area contributed by atoms with E-state index in [1.54, 1.807) is 18.7 Å². The number of nitrogens with zero attached hydrogens (tertiary/aromatic N) is 1. The van der Waals surface area contributed by atoms with Gasteiger partial charge in [0.15, 0.2) is 0 Å². The molecule has 0 aliphatic heterocycles. The monoisotopic (exact) mass is 361 g/mol. The van der Waals surface area contributed by atoms with E-state index in [1.807, 2.05) is 30.5 Å². The topological polar surface area (TPSA) is 93.5 Å². The van der Waals surface area contributed by atoms with E-state index in [1.165, 1.54) is 25.3 Å². The van der Waals surface area contributed by atoms with E-state index in [2.05, 4.69) is 10.6 Å². The number of carbonyl (C=O) groups excluding carboxylic acids is 1. The fourth-order valence-corrected chi connectivity index (χ4v) is 2.63. The van der Waals surface area contributed by atoms with Gasteiger partial charge in [-0.05, 0) is 37.4 Å². The van der Waals surface area contributed by atoms with Crippen molar-refractivity contribution in [3.63, 3.8) is 0 Å². The minimum atomic E-state index is -0.517. The molecular weight excluding hydrogens is 342 g/mol. The summed E-state index contributed by atoms with van der Waals surface area (Å²) in [7, 11) is 1.39. The number of benzene rings is 2. The largest absolute Gasteiger partial charge is 0.494 e. The van der Waals surface area contributed by atoms with Crippen molar-refractivity contribution in [1.29, 1.82) is 0 Å². The maximum absolute atomic E-state index is 12.4. The molecule has 0 radical (unpaired) electrons. The minimum absolute atomic E-state index is 0.102. The Morgan fingerprint density at radius 2 is 2.04 bits per heavy atom. The van der Waals surface area contributed by atoms with Crippen LogP contribution < -0.4 is 15.4 Å². The predicted molar refractivity (Wildman–Crippen MR) is 99.6 cm³/mol. The lowest BCUT2D eigenvalue weighted by molar-refractivity contribution is -0.384. The van der Waals surface area contributed by atoms with Crippen molar-refractivity contribution in [2.24, 2.45) is 0 Å². The maximum atomic E-state index is 12.4. The smallest absolute Gasteiger partial charge is 0.273 e. The highest BCUT2D eigenvalue weighted by Gasteiger charge is 2.17. The van der Waals surface area contributed by atoms with Crippen LogP contribution in [-0.2, 0) is 4.79 Å². The molecule has 132 valence electrons. The second kappa shape index (κ2) is 8.39. The van der Waals surface area contributed by atoms with Gasteiger partial charge < -0.3 is 15.4 Å². The third-order valence-electron chi connectivity index (χ3n) is 3.50. The first-order chi connectivity index (χ1) is 11.9. The van der Waals surface area contributed by atoms with Crippen molar-refractivity contribution in [1.82, 2.24) is 0 Å². The molecule has 2 aromatic rings. The van der Waals surface area contributed by atoms with Crippen LogP contribution in [-0.4, -0.2) is 30.2 Å². The molecule has 1 atom stereocenters. The molecule has 0 aliphatic carbocycles. The Morgan fingerprint density at radius 3 is 2.68 bits per heavy atom. The number of thioether (sulfide) groups is 1. The van der Waals surface area contributed by atoms with E-state index in [0.717, 1.165) is 10.6 Å². The lowest BCUT2D eigenvalue weighted by atomic mass is 10.2. The molecule has 0 saturated heterocycles. The van der Waals surface area contributed by atoms with Gasteiger partial charge in [-0.3, -0.25) is 14.9 Å². The lowest BCUT2D eigenvalue weighted by Gasteiger charge is -2.17. The lowest BCUT2D eigenvalue weighted by Crippen LogP contribution is -2.32. The number of amides is 1. The van der Waals surface area contributed by atoms with Crippen LogP contribution >= 0.6 is 11.8 Å². The minimum Gasteiger partial charge on any atom is -0.494 e.